The molecule has 0 aliphatic carbocycles. The molecule has 5 nitrogen and oxygen atoms in total. The van der Waals surface area contributed by atoms with Gasteiger partial charge in [-0.2, -0.15) is 0 Å². The molecule has 1 atom stereocenters. The summed E-state index contributed by atoms with van der Waals surface area (Å²) in [7, 11) is 0. The molecule has 0 saturated carbocycles. The normalized spacial score (nSPS) is 19.2. The van der Waals surface area contributed by atoms with Crippen molar-refractivity contribution in [3.8, 4) is 0 Å². The van der Waals surface area contributed by atoms with Gasteiger partial charge in [0.15, 0.2) is 0 Å². The van der Waals surface area contributed by atoms with Crippen molar-refractivity contribution >= 4 is 23.6 Å². The second kappa shape index (κ2) is 6.06. The highest BCUT2D eigenvalue weighted by Gasteiger charge is 2.29. The molecule has 0 unspecified atom stereocenters. The van der Waals surface area contributed by atoms with Gasteiger partial charge >= 0.3 is 5.97 Å². The van der Waals surface area contributed by atoms with Gasteiger partial charge in [0.25, 0.3) is 5.91 Å². The van der Waals surface area contributed by atoms with Crippen LogP contribution in [0.25, 0.3) is 0 Å². The van der Waals surface area contributed by atoms with Gasteiger partial charge < -0.3 is 10.0 Å². The Labute approximate surface area is 116 Å². The summed E-state index contributed by atoms with van der Waals surface area (Å²) in [4.78, 5) is 29.2. The smallest absolute Gasteiger partial charge is 0.308 e. The molecular weight excluding hydrogens is 264 g/mol. The summed E-state index contributed by atoms with van der Waals surface area (Å²) < 4.78 is 0. The van der Waals surface area contributed by atoms with E-state index < -0.39 is 11.9 Å². The van der Waals surface area contributed by atoms with E-state index in [-0.39, 0.29) is 12.5 Å². The Balaban J connectivity index is 2.17. The van der Waals surface area contributed by atoms with E-state index in [4.69, 9.17) is 5.11 Å². The summed E-state index contributed by atoms with van der Waals surface area (Å²) in [6.07, 6.45) is 4.90. The van der Waals surface area contributed by atoms with Crippen molar-refractivity contribution in [2.24, 2.45) is 5.92 Å². The molecule has 0 bridgehead atoms. The van der Waals surface area contributed by atoms with Crippen LogP contribution in [0.15, 0.2) is 23.4 Å². The van der Waals surface area contributed by atoms with Crippen molar-refractivity contribution in [1.82, 2.24) is 9.88 Å². The Morgan fingerprint density at radius 2 is 2.32 bits per heavy atom. The van der Waals surface area contributed by atoms with Crippen LogP contribution in [-0.4, -0.2) is 46.2 Å². The molecule has 2 rings (SSSR count). The number of pyridine rings is 1. The van der Waals surface area contributed by atoms with E-state index in [1.54, 1.807) is 23.2 Å². The fourth-order valence-corrected chi connectivity index (χ4v) is 2.79. The van der Waals surface area contributed by atoms with E-state index in [1.807, 2.05) is 6.26 Å². The predicted octanol–water partition coefficient (Wildman–Crippen LogP) is 1.74. The molecule has 2 heterocycles. The third-order valence-corrected chi connectivity index (χ3v) is 3.96. The van der Waals surface area contributed by atoms with Crippen LogP contribution in [0.4, 0.5) is 0 Å². The van der Waals surface area contributed by atoms with Gasteiger partial charge in [-0.15, -0.1) is 11.8 Å². The lowest BCUT2D eigenvalue weighted by Gasteiger charge is -2.31. The summed E-state index contributed by atoms with van der Waals surface area (Å²) >= 11 is 1.42. The molecule has 0 radical (unpaired) electrons. The highest BCUT2D eigenvalue weighted by atomic mass is 32.2. The molecule has 1 saturated heterocycles. The lowest BCUT2D eigenvalue weighted by atomic mass is 9.98. The molecule has 1 amide bonds. The maximum Gasteiger partial charge on any atom is 0.308 e. The number of amides is 1. The van der Waals surface area contributed by atoms with Crippen molar-refractivity contribution in [3.63, 3.8) is 0 Å². The molecule has 0 spiro atoms. The topological polar surface area (TPSA) is 70.5 Å². The zero-order chi connectivity index (χ0) is 13.8. The minimum absolute atomic E-state index is 0.122. The van der Waals surface area contributed by atoms with Crippen LogP contribution in [0.3, 0.4) is 0 Å². The Morgan fingerprint density at radius 3 is 3.00 bits per heavy atom. The van der Waals surface area contributed by atoms with Gasteiger partial charge in [-0.1, -0.05) is 0 Å². The van der Waals surface area contributed by atoms with Crippen molar-refractivity contribution < 1.29 is 14.7 Å². The Morgan fingerprint density at radius 1 is 1.53 bits per heavy atom. The highest BCUT2D eigenvalue weighted by molar-refractivity contribution is 7.98. The number of piperidine rings is 1. The Bertz CT molecular complexity index is 493. The Kier molecular flexibility index (Phi) is 4.42. The summed E-state index contributed by atoms with van der Waals surface area (Å²) in [5.74, 6) is -1.40. The minimum Gasteiger partial charge on any atom is -0.481 e. The Hall–Kier alpha value is -1.56. The summed E-state index contributed by atoms with van der Waals surface area (Å²) in [5.41, 5.74) is 0.557. The van der Waals surface area contributed by atoms with E-state index in [1.165, 1.54) is 11.8 Å². The number of thioether (sulfide) groups is 1. The molecule has 6 heteroatoms. The molecule has 1 aliphatic rings. The molecule has 1 aromatic rings. The number of carbonyl (C=O) groups is 2. The zero-order valence-corrected chi connectivity index (χ0v) is 11.5. The molecule has 102 valence electrons. The van der Waals surface area contributed by atoms with Gasteiger partial charge in [-0.3, -0.25) is 9.59 Å². The standard InChI is InChI=1S/C13H16N2O3S/c1-19-11-10(5-2-6-14-11)12(16)15-7-3-4-9(8-15)13(17)18/h2,5-6,9H,3-4,7-8H2,1H3,(H,17,18)/t9-/m0/s1. The summed E-state index contributed by atoms with van der Waals surface area (Å²) in [6, 6.07) is 3.47. The van der Waals surface area contributed by atoms with Crippen LogP contribution in [0, 0.1) is 5.92 Å². The number of rotatable bonds is 3. The number of carboxylic acid groups (broad SMARTS) is 1. The van der Waals surface area contributed by atoms with E-state index in [0.717, 1.165) is 6.42 Å². The maximum atomic E-state index is 12.4. The number of carboxylic acids is 1. The molecular formula is C13H16N2O3S. The van der Waals surface area contributed by atoms with Crippen molar-refractivity contribution in [1.29, 1.82) is 0 Å². The largest absolute Gasteiger partial charge is 0.481 e. The van der Waals surface area contributed by atoms with Crippen LogP contribution >= 0.6 is 11.8 Å². The van der Waals surface area contributed by atoms with E-state index >= 15 is 0 Å². The first-order valence-corrected chi connectivity index (χ1v) is 7.37. The molecule has 1 aliphatic heterocycles. The molecule has 0 aromatic carbocycles. The van der Waals surface area contributed by atoms with E-state index in [2.05, 4.69) is 4.98 Å². The minimum atomic E-state index is -0.825. The number of nitrogens with zero attached hydrogens (tertiary/aromatic N) is 2. The van der Waals surface area contributed by atoms with E-state index in [9.17, 15) is 9.59 Å². The van der Waals surface area contributed by atoms with Crippen LogP contribution in [0.5, 0.6) is 0 Å². The second-order valence-electron chi connectivity index (χ2n) is 4.49. The third-order valence-electron chi connectivity index (χ3n) is 3.25. The van der Waals surface area contributed by atoms with Gasteiger partial charge in [0.05, 0.1) is 11.5 Å². The predicted molar refractivity (Wildman–Crippen MR) is 72.3 cm³/mol. The van der Waals surface area contributed by atoms with Crippen molar-refractivity contribution in [2.75, 3.05) is 19.3 Å². The fourth-order valence-electron chi connectivity index (χ4n) is 2.25. The fraction of sp³-hybridized carbons (Fsp3) is 0.462. The van der Waals surface area contributed by atoms with Crippen LogP contribution in [0.2, 0.25) is 0 Å². The number of aromatic nitrogens is 1. The van der Waals surface area contributed by atoms with Crippen LogP contribution in [0.1, 0.15) is 23.2 Å². The quantitative estimate of drug-likeness (QED) is 0.854. The molecule has 1 aromatic heterocycles. The third kappa shape index (κ3) is 3.07. The second-order valence-corrected chi connectivity index (χ2v) is 5.28. The van der Waals surface area contributed by atoms with Crippen molar-refractivity contribution in [3.05, 3.63) is 23.9 Å². The number of hydrogen-bond acceptors (Lipinski definition) is 4. The van der Waals surface area contributed by atoms with Crippen molar-refractivity contribution in [2.45, 2.75) is 17.9 Å². The average molecular weight is 280 g/mol. The SMILES string of the molecule is CSc1ncccc1C(=O)N1CCC[C@H](C(=O)O)C1. The first-order valence-electron chi connectivity index (χ1n) is 6.14. The molecule has 1 N–H and O–H groups in total. The van der Waals surface area contributed by atoms with E-state index in [0.29, 0.717) is 23.6 Å². The van der Waals surface area contributed by atoms with Crippen LogP contribution in [-0.2, 0) is 4.79 Å². The molecule has 1 fully saturated rings. The highest BCUT2D eigenvalue weighted by Crippen LogP contribution is 2.22. The first-order chi connectivity index (χ1) is 9.13. The number of hydrogen-bond donors (Lipinski definition) is 1. The van der Waals surface area contributed by atoms with Gasteiger partial charge in [-0.05, 0) is 31.2 Å². The first kappa shape index (κ1) is 13.9. The average Bonchev–Trinajstić information content (AvgIpc) is 2.46. The van der Waals surface area contributed by atoms with Gasteiger partial charge in [-0.25, -0.2) is 4.98 Å². The van der Waals surface area contributed by atoms with Gasteiger partial charge in [0.1, 0.15) is 5.03 Å². The zero-order valence-electron chi connectivity index (χ0n) is 10.7. The maximum absolute atomic E-state index is 12.4. The lowest BCUT2D eigenvalue weighted by Crippen LogP contribution is -2.42. The number of carbonyl (C=O) groups excluding carboxylic acids is 1. The number of likely N-dealkylation sites (tertiary alicyclic amines) is 1. The van der Waals surface area contributed by atoms with Gasteiger partial charge in [0, 0.05) is 19.3 Å². The lowest BCUT2D eigenvalue weighted by molar-refractivity contribution is -0.143. The van der Waals surface area contributed by atoms with Crippen LogP contribution < -0.4 is 0 Å². The number of aliphatic carboxylic acids is 1. The summed E-state index contributed by atoms with van der Waals surface area (Å²) in [5, 5.41) is 9.74. The monoisotopic (exact) mass is 280 g/mol. The summed E-state index contributed by atoms with van der Waals surface area (Å²) in [6.45, 7) is 0.905. The van der Waals surface area contributed by atoms with Gasteiger partial charge in [0.2, 0.25) is 0 Å². The molecule has 19 heavy (non-hydrogen) atoms.